The van der Waals surface area contributed by atoms with E-state index in [4.69, 9.17) is 16.7 Å². The Morgan fingerprint density at radius 2 is 2.09 bits per heavy atom. The van der Waals surface area contributed by atoms with Gasteiger partial charge in [-0.25, -0.2) is 4.68 Å². The first-order chi connectivity index (χ1) is 11.1. The number of rotatable bonds is 7. The molecule has 1 aromatic heterocycles. The minimum absolute atomic E-state index is 0.0404. The van der Waals surface area contributed by atoms with Crippen LogP contribution in [0.2, 0.25) is 5.15 Å². The molecular weight excluding hydrogens is 314 g/mol. The number of carbonyl (C=O) groups is 1. The first kappa shape index (κ1) is 17.5. The summed E-state index contributed by atoms with van der Waals surface area (Å²) < 4.78 is 1.63. The highest BCUT2D eigenvalue weighted by atomic mass is 35.5. The van der Waals surface area contributed by atoms with Crippen molar-refractivity contribution in [2.45, 2.75) is 39.3 Å². The number of hydrogen-bond donors (Lipinski definition) is 2. The summed E-state index contributed by atoms with van der Waals surface area (Å²) in [6, 6.07) is 9.76. The van der Waals surface area contributed by atoms with E-state index in [2.05, 4.69) is 10.4 Å². The van der Waals surface area contributed by atoms with E-state index in [1.807, 2.05) is 37.3 Å². The number of nitrogens with zero attached hydrogens (tertiary/aromatic N) is 2. The van der Waals surface area contributed by atoms with Gasteiger partial charge in [-0.05, 0) is 25.3 Å². The van der Waals surface area contributed by atoms with Gasteiger partial charge in [-0.15, -0.1) is 0 Å². The molecule has 0 aliphatic carbocycles. The van der Waals surface area contributed by atoms with Crippen molar-refractivity contribution in [2.24, 2.45) is 0 Å². The Hall–Kier alpha value is -1.85. The Kier molecular flexibility index (Phi) is 6.19. The van der Waals surface area contributed by atoms with Crippen molar-refractivity contribution < 1.29 is 9.90 Å². The predicted molar refractivity (Wildman–Crippen MR) is 90.8 cm³/mol. The average molecular weight is 336 g/mol. The van der Waals surface area contributed by atoms with Gasteiger partial charge < -0.3 is 10.4 Å². The Morgan fingerprint density at radius 1 is 1.39 bits per heavy atom. The molecule has 2 rings (SSSR count). The number of carbonyl (C=O) groups excluding carboxylic acids is 1. The van der Waals surface area contributed by atoms with Crippen LogP contribution >= 0.6 is 11.6 Å². The number of nitrogens with one attached hydrogen (secondary N) is 1. The summed E-state index contributed by atoms with van der Waals surface area (Å²) >= 11 is 6.37. The molecule has 0 fully saturated rings. The van der Waals surface area contributed by atoms with Crippen molar-refractivity contribution in [1.82, 2.24) is 15.1 Å². The van der Waals surface area contributed by atoms with Crippen molar-refractivity contribution >= 4 is 17.5 Å². The third-order valence-corrected chi connectivity index (χ3v) is 4.16. The fourth-order valence-corrected chi connectivity index (χ4v) is 2.78. The van der Waals surface area contributed by atoms with Crippen LogP contribution < -0.4 is 5.32 Å². The third-order valence-electron chi connectivity index (χ3n) is 3.77. The van der Waals surface area contributed by atoms with Crippen molar-refractivity contribution in [3.63, 3.8) is 0 Å². The van der Waals surface area contributed by atoms with Crippen molar-refractivity contribution in [3.8, 4) is 0 Å². The normalized spacial score (nSPS) is 12.2. The summed E-state index contributed by atoms with van der Waals surface area (Å²) in [5, 5.41) is 16.7. The number of halogens is 1. The number of benzene rings is 1. The highest BCUT2D eigenvalue weighted by Gasteiger charge is 2.22. The molecule has 0 aliphatic heterocycles. The van der Waals surface area contributed by atoms with Crippen LogP contribution in [0.3, 0.4) is 0 Å². The quantitative estimate of drug-likeness (QED) is 0.817. The lowest BCUT2D eigenvalue weighted by Gasteiger charge is -2.15. The molecule has 0 spiro atoms. The molecule has 0 bridgehead atoms. The number of amides is 1. The summed E-state index contributed by atoms with van der Waals surface area (Å²) in [5.41, 5.74) is 2.07. The van der Waals surface area contributed by atoms with E-state index < -0.39 is 0 Å². The highest BCUT2D eigenvalue weighted by molar-refractivity contribution is 6.33. The van der Waals surface area contributed by atoms with Gasteiger partial charge in [-0.2, -0.15) is 5.10 Å². The lowest BCUT2D eigenvalue weighted by molar-refractivity contribution is 0.0928. The van der Waals surface area contributed by atoms with Crippen LogP contribution in [0.4, 0.5) is 0 Å². The van der Waals surface area contributed by atoms with Crippen LogP contribution in [-0.2, 0) is 6.54 Å². The van der Waals surface area contributed by atoms with Crippen LogP contribution in [0.1, 0.15) is 41.4 Å². The number of hydrogen-bond acceptors (Lipinski definition) is 3. The SMILES string of the molecule is CCC(CCO)NC(=O)c1c(C)nn(Cc2ccccc2)c1Cl. The summed E-state index contributed by atoms with van der Waals surface area (Å²) in [6.45, 7) is 4.30. The summed E-state index contributed by atoms with van der Waals surface area (Å²) in [6.07, 6.45) is 1.28. The largest absolute Gasteiger partial charge is 0.396 e. The fraction of sp³-hybridized carbons (Fsp3) is 0.412. The Morgan fingerprint density at radius 3 is 2.70 bits per heavy atom. The molecule has 2 N–H and O–H groups in total. The average Bonchev–Trinajstić information content (AvgIpc) is 2.82. The minimum Gasteiger partial charge on any atom is -0.396 e. The van der Waals surface area contributed by atoms with Gasteiger partial charge in [0.2, 0.25) is 0 Å². The summed E-state index contributed by atoms with van der Waals surface area (Å²) in [7, 11) is 0. The van der Waals surface area contributed by atoms with Crippen LogP contribution in [0.25, 0.3) is 0 Å². The lowest BCUT2D eigenvalue weighted by Crippen LogP contribution is -2.35. The minimum atomic E-state index is -0.243. The molecule has 2 aromatic rings. The molecule has 0 saturated heterocycles. The van der Waals surface area contributed by atoms with Crippen LogP contribution in [-0.4, -0.2) is 33.4 Å². The van der Waals surface area contributed by atoms with Gasteiger partial charge in [0.25, 0.3) is 5.91 Å². The second-order valence-electron chi connectivity index (χ2n) is 5.49. The molecule has 1 heterocycles. The number of aryl methyl sites for hydroxylation is 1. The molecule has 0 aliphatic rings. The van der Waals surface area contributed by atoms with Crippen molar-refractivity contribution in [1.29, 1.82) is 0 Å². The number of aliphatic hydroxyl groups is 1. The zero-order chi connectivity index (χ0) is 16.8. The van der Waals surface area contributed by atoms with E-state index in [0.717, 1.165) is 12.0 Å². The van der Waals surface area contributed by atoms with Gasteiger partial charge >= 0.3 is 0 Å². The molecule has 0 radical (unpaired) electrons. The van der Waals surface area contributed by atoms with E-state index in [0.29, 0.717) is 29.4 Å². The zero-order valence-electron chi connectivity index (χ0n) is 13.4. The topological polar surface area (TPSA) is 67.2 Å². The second kappa shape index (κ2) is 8.13. The Bertz CT molecular complexity index is 655. The van der Waals surface area contributed by atoms with Gasteiger partial charge in [0.15, 0.2) is 0 Å². The van der Waals surface area contributed by atoms with E-state index in [1.165, 1.54) is 0 Å². The fourth-order valence-electron chi connectivity index (χ4n) is 2.46. The van der Waals surface area contributed by atoms with Crippen molar-refractivity contribution in [3.05, 3.63) is 52.3 Å². The highest BCUT2D eigenvalue weighted by Crippen LogP contribution is 2.21. The van der Waals surface area contributed by atoms with E-state index in [1.54, 1.807) is 11.6 Å². The maximum Gasteiger partial charge on any atom is 0.256 e. The lowest BCUT2D eigenvalue weighted by atomic mass is 10.1. The Labute approximate surface area is 141 Å². The summed E-state index contributed by atoms with van der Waals surface area (Å²) in [4.78, 5) is 12.5. The zero-order valence-corrected chi connectivity index (χ0v) is 14.2. The van der Waals surface area contributed by atoms with E-state index >= 15 is 0 Å². The predicted octanol–water partition coefficient (Wildman–Crippen LogP) is 2.78. The molecule has 1 aromatic carbocycles. The van der Waals surface area contributed by atoms with Gasteiger partial charge in [0, 0.05) is 12.6 Å². The van der Waals surface area contributed by atoms with Gasteiger partial charge in [-0.1, -0.05) is 48.9 Å². The first-order valence-electron chi connectivity index (χ1n) is 7.75. The molecular formula is C17H22ClN3O2. The maximum atomic E-state index is 12.5. The molecule has 5 nitrogen and oxygen atoms in total. The van der Waals surface area contributed by atoms with Gasteiger partial charge in [-0.3, -0.25) is 4.79 Å². The van der Waals surface area contributed by atoms with E-state index in [-0.39, 0.29) is 18.6 Å². The van der Waals surface area contributed by atoms with E-state index in [9.17, 15) is 4.79 Å². The summed E-state index contributed by atoms with van der Waals surface area (Å²) in [5.74, 6) is -0.243. The molecule has 124 valence electrons. The monoisotopic (exact) mass is 335 g/mol. The number of aromatic nitrogens is 2. The van der Waals surface area contributed by atoms with Crippen molar-refractivity contribution in [2.75, 3.05) is 6.61 Å². The molecule has 0 saturated carbocycles. The van der Waals surface area contributed by atoms with Crippen LogP contribution in [0, 0.1) is 6.92 Å². The molecule has 1 unspecified atom stereocenters. The maximum absolute atomic E-state index is 12.5. The smallest absolute Gasteiger partial charge is 0.256 e. The Balaban J connectivity index is 2.18. The van der Waals surface area contributed by atoms with Crippen LogP contribution in [0.5, 0.6) is 0 Å². The van der Waals surface area contributed by atoms with Gasteiger partial charge in [0.05, 0.1) is 17.8 Å². The number of aliphatic hydroxyl groups excluding tert-OH is 1. The first-order valence-corrected chi connectivity index (χ1v) is 8.13. The van der Waals surface area contributed by atoms with Gasteiger partial charge in [0.1, 0.15) is 5.15 Å². The standard InChI is InChI=1S/C17H22ClN3O2/c1-3-14(9-10-22)19-17(23)15-12(2)20-21(16(15)18)11-13-7-5-4-6-8-13/h4-8,14,22H,3,9-11H2,1-2H3,(H,19,23). The molecule has 1 atom stereocenters. The molecule has 23 heavy (non-hydrogen) atoms. The molecule has 6 heteroatoms. The molecule has 1 amide bonds. The second-order valence-corrected chi connectivity index (χ2v) is 5.84. The third kappa shape index (κ3) is 4.33. The van der Waals surface area contributed by atoms with Crippen LogP contribution in [0.15, 0.2) is 30.3 Å².